The van der Waals surface area contributed by atoms with Gasteiger partial charge in [-0.3, -0.25) is 4.79 Å². The summed E-state index contributed by atoms with van der Waals surface area (Å²) in [5, 5.41) is 2.36. The van der Waals surface area contributed by atoms with Crippen molar-refractivity contribution in [2.24, 2.45) is 0 Å². The number of carbonyl (C=O) groups excluding carboxylic acids is 1. The summed E-state index contributed by atoms with van der Waals surface area (Å²) in [6.45, 7) is 1.65. The second-order valence-electron chi connectivity index (χ2n) is 5.69. The summed E-state index contributed by atoms with van der Waals surface area (Å²) in [5.41, 5.74) is 1.000. The third kappa shape index (κ3) is 4.87. The van der Waals surface area contributed by atoms with Crippen molar-refractivity contribution in [2.75, 3.05) is 5.32 Å². The van der Waals surface area contributed by atoms with E-state index in [9.17, 15) is 13.6 Å². The van der Waals surface area contributed by atoms with Crippen LogP contribution in [-0.2, 0) is 10.5 Å². The Morgan fingerprint density at radius 3 is 2.56 bits per heavy atom. The van der Waals surface area contributed by atoms with Gasteiger partial charge in [0.25, 0.3) is 0 Å². The zero-order chi connectivity index (χ0) is 19.4. The first kappa shape index (κ1) is 19.4. The van der Waals surface area contributed by atoms with Crippen LogP contribution >= 0.6 is 23.4 Å². The number of nitrogens with zero attached hydrogens (tertiary/aromatic N) is 1. The molecule has 0 bridgehead atoms. The van der Waals surface area contributed by atoms with E-state index < -0.39 is 28.5 Å². The number of oxazole rings is 1. The van der Waals surface area contributed by atoms with Crippen molar-refractivity contribution in [2.45, 2.75) is 17.9 Å². The summed E-state index contributed by atoms with van der Waals surface area (Å²) in [6.07, 6.45) is 1.51. The quantitative estimate of drug-likeness (QED) is 0.582. The van der Waals surface area contributed by atoms with Crippen molar-refractivity contribution >= 4 is 35.0 Å². The minimum absolute atomic E-state index is 0.408. The Hall–Kier alpha value is -2.38. The van der Waals surface area contributed by atoms with E-state index in [4.69, 9.17) is 16.0 Å². The van der Waals surface area contributed by atoms with Gasteiger partial charge in [-0.15, -0.1) is 11.8 Å². The van der Waals surface area contributed by atoms with E-state index >= 15 is 0 Å². The third-order valence-corrected chi connectivity index (χ3v) is 5.13. The second kappa shape index (κ2) is 8.54. The highest BCUT2D eigenvalue weighted by atomic mass is 35.5. The van der Waals surface area contributed by atoms with Crippen LogP contribution in [0, 0.1) is 11.6 Å². The predicted molar refractivity (Wildman–Crippen MR) is 103 cm³/mol. The third-order valence-electron chi connectivity index (χ3n) is 3.70. The molecule has 0 aliphatic carbocycles. The molecule has 140 valence electrons. The molecule has 4 nitrogen and oxygen atoms in total. The maximum atomic E-state index is 13.6. The minimum atomic E-state index is -0.815. The van der Waals surface area contributed by atoms with Gasteiger partial charge in [-0.1, -0.05) is 17.7 Å². The van der Waals surface area contributed by atoms with E-state index in [0.717, 1.165) is 17.7 Å². The van der Waals surface area contributed by atoms with Gasteiger partial charge < -0.3 is 9.73 Å². The van der Waals surface area contributed by atoms with E-state index in [0.29, 0.717) is 22.4 Å². The summed E-state index contributed by atoms with van der Waals surface area (Å²) >= 11 is 7.14. The first-order valence-electron chi connectivity index (χ1n) is 8.01. The number of amides is 1. The van der Waals surface area contributed by atoms with Crippen molar-refractivity contribution in [1.82, 2.24) is 4.98 Å². The van der Waals surface area contributed by atoms with Gasteiger partial charge in [0.15, 0.2) is 0 Å². The lowest BCUT2D eigenvalue weighted by molar-refractivity contribution is -0.115. The fraction of sp³-hybridized carbons (Fsp3) is 0.158. The largest absolute Gasteiger partial charge is 0.444 e. The van der Waals surface area contributed by atoms with Crippen molar-refractivity contribution in [1.29, 1.82) is 0 Å². The molecule has 3 rings (SSSR count). The van der Waals surface area contributed by atoms with Crippen LogP contribution < -0.4 is 5.32 Å². The number of nitrogens with one attached hydrogen (secondary N) is 1. The van der Waals surface area contributed by atoms with Crippen molar-refractivity contribution in [3.63, 3.8) is 0 Å². The summed E-state index contributed by atoms with van der Waals surface area (Å²) in [4.78, 5) is 16.5. The van der Waals surface area contributed by atoms with Gasteiger partial charge in [-0.2, -0.15) is 0 Å². The first-order chi connectivity index (χ1) is 12.9. The zero-order valence-electron chi connectivity index (χ0n) is 14.2. The first-order valence-corrected chi connectivity index (χ1v) is 9.43. The predicted octanol–water partition coefficient (Wildman–Crippen LogP) is 5.53. The average Bonchev–Trinajstić information content (AvgIpc) is 3.12. The molecule has 1 aromatic heterocycles. The lowest BCUT2D eigenvalue weighted by atomic mass is 10.2. The molecular weight excluding hydrogens is 394 g/mol. The summed E-state index contributed by atoms with van der Waals surface area (Å²) in [5.74, 6) is -1.27. The van der Waals surface area contributed by atoms with Crippen LogP contribution in [-0.4, -0.2) is 16.1 Å². The SMILES string of the molecule is C[C@H](SCc1coc(-c2ccc(Cl)cc2)n1)C(=O)Nc1c(F)cccc1F. The molecule has 1 heterocycles. The fourth-order valence-electron chi connectivity index (χ4n) is 2.23. The standard InChI is InChI=1S/C19H15ClF2N2O2S/c1-11(18(25)24-17-15(21)3-2-4-16(17)22)27-10-14-9-26-19(23-14)12-5-7-13(20)8-6-12/h2-9,11H,10H2,1H3,(H,24,25)/t11-/m0/s1. The maximum absolute atomic E-state index is 13.6. The topological polar surface area (TPSA) is 55.1 Å². The summed E-state index contributed by atoms with van der Waals surface area (Å²) < 4.78 is 32.7. The smallest absolute Gasteiger partial charge is 0.237 e. The summed E-state index contributed by atoms with van der Waals surface area (Å²) in [7, 11) is 0. The molecule has 0 aliphatic heterocycles. The normalized spacial score (nSPS) is 12.0. The lowest BCUT2D eigenvalue weighted by Crippen LogP contribution is -2.23. The molecule has 0 spiro atoms. The van der Waals surface area contributed by atoms with Gasteiger partial charge in [-0.05, 0) is 43.3 Å². The Bertz CT molecular complexity index is 927. The molecule has 0 radical (unpaired) electrons. The lowest BCUT2D eigenvalue weighted by Gasteiger charge is -2.12. The molecular formula is C19H15ClF2N2O2S. The van der Waals surface area contributed by atoms with Crippen molar-refractivity contribution in [3.05, 3.63) is 71.1 Å². The van der Waals surface area contributed by atoms with Crippen LogP contribution in [0.3, 0.4) is 0 Å². The Kier molecular flexibility index (Phi) is 6.13. The number of halogens is 3. The number of rotatable bonds is 6. The van der Waals surface area contributed by atoms with E-state index in [2.05, 4.69) is 10.3 Å². The van der Waals surface area contributed by atoms with E-state index in [1.165, 1.54) is 24.1 Å². The van der Waals surface area contributed by atoms with Crippen LogP contribution in [0.15, 0.2) is 53.1 Å². The number of hydrogen-bond donors (Lipinski definition) is 1. The van der Waals surface area contributed by atoms with Crippen molar-refractivity contribution in [3.8, 4) is 11.5 Å². The van der Waals surface area contributed by atoms with Gasteiger partial charge in [0.2, 0.25) is 11.8 Å². The molecule has 0 saturated heterocycles. The maximum Gasteiger partial charge on any atom is 0.237 e. The van der Waals surface area contributed by atoms with Crippen LogP contribution in [0.5, 0.6) is 0 Å². The molecule has 1 atom stereocenters. The number of benzene rings is 2. The fourth-order valence-corrected chi connectivity index (χ4v) is 3.12. The molecule has 27 heavy (non-hydrogen) atoms. The average molecular weight is 409 g/mol. The highest BCUT2D eigenvalue weighted by Crippen LogP contribution is 2.25. The molecule has 2 aromatic carbocycles. The van der Waals surface area contributed by atoms with E-state index in [1.807, 2.05) is 0 Å². The number of para-hydroxylation sites is 1. The Morgan fingerprint density at radius 2 is 1.89 bits per heavy atom. The van der Waals surface area contributed by atoms with E-state index in [1.54, 1.807) is 31.2 Å². The number of thioether (sulfide) groups is 1. The highest BCUT2D eigenvalue weighted by molar-refractivity contribution is 7.99. The van der Waals surface area contributed by atoms with E-state index in [-0.39, 0.29) is 0 Å². The van der Waals surface area contributed by atoms with Gasteiger partial charge >= 0.3 is 0 Å². The van der Waals surface area contributed by atoms with Crippen LogP contribution in [0.1, 0.15) is 12.6 Å². The van der Waals surface area contributed by atoms with Crippen LogP contribution in [0.25, 0.3) is 11.5 Å². The number of hydrogen-bond acceptors (Lipinski definition) is 4. The Labute approximate surface area is 163 Å². The molecule has 0 fully saturated rings. The second-order valence-corrected chi connectivity index (χ2v) is 7.46. The molecule has 1 amide bonds. The molecule has 8 heteroatoms. The van der Waals surface area contributed by atoms with Crippen molar-refractivity contribution < 1.29 is 18.0 Å². The number of aromatic nitrogens is 1. The van der Waals surface area contributed by atoms with Gasteiger partial charge in [0, 0.05) is 16.3 Å². The van der Waals surface area contributed by atoms with Gasteiger partial charge in [0.05, 0.1) is 10.9 Å². The Balaban J connectivity index is 1.58. The number of anilines is 1. The molecule has 3 aromatic rings. The highest BCUT2D eigenvalue weighted by Gasteiger charge is 2.18. The summed E-state index contributed by atoms with van der Waals surface area (Å²) in [6, 6.07) is 10.5. The molecule has 1 N–H and O–H groups in total. The molecule has 0 saturated carbocycles. The number of carbonyl (C=O) groups is 1. The zero-order valence-corrected chi connectivity index (χ0v) is 15.8. The molecule has 0 unspecified atom stereocenters. The monoisotopic (exact) mass is 408 g/mol. The van der Waals surface area contributed by atoms with Crippen LogP contribution in [0.2, 0.25) is 5.02 Å². The van der Waals surface area contributed by atoms with Gasteiger partial charge in [0.1, 0.15) is 23.6 Å². The molecule has 0 aliphatic rings. The van der Waals surface area contributed by atoms with Gasteiger partial charge in [-0.25, -0.2) is 13.8 Å². The Morgan fingerprint density at radius 1 is 1.22 bits per heavy atom. The van der Waals surface area contributed by atoms with Crippen LogP contribution in [0.4, 0.5) is 14.5 Å². The minimum Gasteiger partial charge on any atom is -0.444 e.